The van der Waals surface area contributed by atoms with Crippen molar-refractivity contribution in [1.29, 1.82) is 0 Å². The van der Waals surface area contributed by atoms with E-state index in [1.165, 1.54) is 24.6 Å². The van der Waals surface area contributed by atoms with Crippen molar-refractivity contribution in [3.8, 4) is 0 Å². The van der Waals surface area contributed by atoms with Crippen molar-refractivity contribution in [1.82, 2.24) is 15.0 Å². The van der Waals surface area contributed by atoms with Crippen molar-refractivity contribution >= 4 is 27.8 Å². The van der Waals surface area contributed by atoms with E-state index >= 15 is 0 Å². The molecule has 0 bridgehead atoms. The van der Waals surface area contributed by atoms with E-state index in [2.05, 4.69) is 38.5 Å². The minimum atomic E-state index is 0.453. The average Bonchev–Trinajstić information content (AvgIpc) is 2.94. The van der Waals surface area contributed by atoms with Gasteiger partial charge in [-0.25, -0.2) is 9.97 Å². The molecule has 1 aliphatic rings. The van der Waals surface area contributed by atoms with Gasteiger partial charge in [0.05, 0.1) is 5.39 Å². The van der Waals surface area contributed by atoms with Crippen molar-refractivity contribution in [3.05, 3.63) is 30.6 Å². The van der Waals surface area contributed by atoms with Crippen LogP contribution in [0.4, 0.5) is 5.82 Å². The van der Waals surface area contributed by atoms with E-state index in [9.17, 15) is 0 Å². The molecular formula is C17H21N5. The normalized spacial score (nSPS) is 22.2. The first-order chi connectivity index (χ1) is 10.8. The van der Waals surface area contributed by atoms with Crippen LogP contribution in [0.5, 0.6) is 0 Å². The highest BCUT2D eigenvalue weighted by atomic mass is 15.1. The number of benzene rings is 1. The van der Waals surface area contributed by atoms with E-state index < -0.39 is 0 Å². The molecule has 4 N–H and O–H groups in total. The maximum absolute atomic E-state index is 5.85. The Bertz CT molecular complexity index is 794. The number of H-pyrrole nitrogens is 1. The van der Waals surface area contributed by atoms with E-state index in [1.54, 1.807) is 6.33 Å². The molecule has 1 aliphatic carbocycles. The molecule has 114 valence electrons. The molecule has 2 aromatic heterocycles. The molecule has 22 heavy (non-hydrogen) atoms. The Morgan fingerprint density at radius 2 is 2.14 bits per heavy atom. The standard InChI is InChI=1S/C17H21N5/c18-9-11-4-3-5-12(8-11)21-16-15-13-6-1-2-7-14(13)22-17(15)20-10-19-16/h1-2,6-7,10-12H,3-5,8-9,18H2,(H2,19,20,21,22). The van der Waals surface area contributed by atoms with Gasteiger partial charge in [0.1, 0.15) is 17.8 Å². The van der Waals surface area contributed by atoms with Crippen LogP contribution in [0.15, 0.2) is 30.6 Å². The average molecular weight is 295 g/mol. The van der Waals surface area contributed by atoms with Gasteiger partial charge in [0.25, 0.3) is 0 Å². The number of para-hydroxylation sites is 1. The van der Waals surface area contributed by atoms with Gasteiger partial charge < -0.3 is 16.0 Å². The molecule has 0 spiro atoms. The number of rotatable bonds is 3. The molecule has 4 rings (SSSR count). The quantitative estimate of drug-likeness (QED) is 0.694. The predicted molar refractivity (Wildman–Crippen MR) is 89.8 cm³/mol. The van der Waals surface area contributed by atoms with E-state index in [0.717, 1.165) is 35.3 Å². The molecule has 2 unspecified atom stereocenters. The van der Waals surface area contributed by atoms with Gasteiger partial charge in [0.2, 0.25) is 0 Å². The van der Waals surface area contributed by atoms with Crippen molar-refractivity contribution in [2.24, 2.45) is 11.7 Å². The SMILES string of the molecule is NCC1CCCC(Nc2ncnc3[nH]c4ccccc4c23)C1. The molecule has 0 amide bonds. The van der Waals surface area contributed by atoms with E-state index in [-0.39, 0.29) is 0 Å². The Labute approximate surface area is 129 Å². The van der Waals surface area contributed by atoms with Gasteiger partial charge in [-0.2, -0.15) is 0 Å². The van der Waals surface area contributed by atoms with Crippen LogP contribution >= 0.6 is 0 Å². The van der Waals surface area contributed by atoms with E-state index in [4.69, 9.17) is 5.73 Å². The number of aromatic amines is 1. The minimum Gasteiger partial charge on any atom is -0.367 e. The number of nitrogens with one attached hydrogen (secondary N) is 2. The summed E-state index contributed by atoms with van der Waals surface area (Å²) < 4.78 is 0. The zero-order valence-corrected chi connectivity index (χ0v) is 12.5. The summed E-state index contributed by atoms with van der Waals surface area (Å²) in [6.45, 7) is 0.782. The summed E-state index contributed by atoms with van der Waals surface area (Å²) in [5.74, 6) is 1.57. The Balaban J connectivity index is 1.72. The molecule has 1 aromatic carbocycles. The second-order valence-electron chi connectivity index (χ2n) is 6.23. The number of hydrogen-bond acceptors (Lipinski definition) is 4. The lowest BCUT2D eigenvalue weighted by atomic mass is 9.86. The number of nitrogens with two attached hydrogens (primary N) is 1. The lowest BCUT2D eigenvalue weighted by Gasteiger charge is -2.29. The van der Waals surface area contributed by atoms with Gasteiger partial charge >= 0.3 is 0 Å². The third-order valence-electron chi connectivity index (χ3n) is 4.75. The summed E-state index contributed by atoms with van der Waals surface area (Å²) in [4.78, 5) is 12.2. The molecule has 0 radical (unpaired) electrons. The zero-order valence-electron chi connectivity index (χ0n) is 12.5. The van der Waals surface area contributed by atoms with Crippen LogP contribution in [-0.4, -0.2) is 27.5 Å². The fraction of sp³-hybridized carbons (Fsp3) is 0.412. The van der Waals surface area contributed by atoms with Gasteiger partial charge in [0, 0.05) is 16.9 Å². The molecule has 1 fully saturated rings. The lowest BCUT2D eigenvalue weighted by molar-refractivity contribution is 0.342. The van der Waals surface area contributed by atoms with E-state index in [0.29, 0.717) is 12.0 Å². The minimum absolute atomic E-state index is 0.453. The van der Waals surface area contributed by atoms with Crippen molar-refractivity contribution in [2.45, 2.75) is 31.7 Å². The highest BCUT2D eigenvalue weighted by Crippen LogP contribution is 2.31. The van der Waals surface area contributed by atoms with Gasteiger partial charge in [0.15, 0.2) is 0 Å². The molecule has 3 aromatic rings. The van der Waals surface area contributed by atoms with Gasteiger partial charge in [-0.05, 0) is 37.8 Å². The molecule has 0 saturated heterocycles. The zero-order chi connectivity index (χ0) is 14.9. The molecule has 0 aliphatic heterocycles. The predicted octanol–water partition coefficient (Wildman–Crippen LogP) is 3.04. The highest BCUT2D eigenvalue weighted by molar-refractivity contribution is 6.10. The smallest absolute Gasteiger partial charge is 0.143 e. The first-order valence-electron chi connectivity index (χ1n) is 8.03. The number of anilines is 1. The monoisotopic (exact) mass is 295 g/mol. The fourth-order valence-electron chi connectivity index (χ4n) is 3.61. The lowest BCUT2D eigenvalue weighted by Crippen LogP contribution is -2.31. The van der Waals surface area contributed by atoms with Gasteiger partial charge in [-0.1, -0.05) is 24.6 Å². The molecule has 1 saturated carbocycles. The third-order valence-corrected chi connectivity index (χ3v) is 4.75. The summed E-state index contributed by atoms with van der Waals surface area (Å²) in [5, 5.41) is 5.90. The third kappa shape index (κ3) is 2.31. The highest BCUT2D eigenvalue weighted by Gasteiger charge is 2.22. The first kappa shape index (κ1) is 13.5. The Hall–Kier alpha value is -2.14. The van der Waals surface area contributed by atoms with Crippen LogP contribution in [-0.2, 0) is 0 Å². The topological polar surface area (TPSA) is 79.6 Å². The van der Waals surface area contributed by atoms with Crippen molar-refractivity contribution in [2.75, 3.05) is 11.9 Å². The summed E-state index contributed by atoms with van der Waals surface area (Å²) in [5.41, 5.74) is 7.84. The van der Waals surface area contributed by atoms with Crippen molar-refractivity contribution in [3.63, 3.8) is 0 Å². The van der Waals surface area contributed by atoms with Crippen molar-refractivity contribution < 1.29 is 0 Å². The molecule has 2 atom stereocenters. The van der Waals surface area contributed by atoms with Crippen LogP contribution in [0.3, 0.4) is 0 Å². The summed E-state index contributed by atoms with van der Waals surface area (Å²) in [6, 6.07) is 8.73. The first-order valence-corrected chi connectivity index (χ1v) is 8.03. The summed E-state index contributed by atoms with van der Waals surface area (Å²) >= 11 is 0. The number of fused-ring (bicyclic) bond motifs is 3. The van der Waals surface area contributed by atoms with Crippen LogP contribution in [0, 0.1) is 5.92 Å². The second-order valence-corrected chi connectivity index (χ2v) is 6.23. The Morgan fingerprint density at radius 1 is 1.23 bits per heavy atom. The maximum Gasteiger partial charge on any atom is 0.143 e. The largest absolute Gasteiger partial charge is 0.367 e. The number of hydrogen-bond donors (Lipinski definition) is 3. The fourth-order valence-corrected chi connectivity index (χ4v) is 3.61. The molecule has 2 heterocycles. The molecular weight excluding hydrogens is 274 g/mol. The number of aromatic nitrogens is 3. The van der Waals surface area contributed by atoms with Crippen LogP contribution in [0.2, 0.25) is 0 Å². The summed E-state index contributed by atoms with van der Waals surface area (Å²) in [7, 11) is 0. The van der Waals surface area contributed by atoms with Gasteiger partial charge in [-0.15, -0.1) is 0 Å². The van der Waals surface area contributed by atoms with Crippen LogP contribution < -0.4 is 11.1 Å². The molecule has 5 heteroatoms. The van der Waals surface area contributed by atoms with Crippen LogP contribution in [0.1, 0.15) is 25.7 Å². The van der Waals surface area contributed by atoms with E-state index in [1.807, 2.05) is 6.07 Å². The van der Waals surface area contributed by atoms with Crippen LogP contribution in [0.25, 0.3) is 21.9 Å². The second kappa shape index (κ2) is 5.57. The number of nitrogens with zero attached hydrogens (tertiary/aromatic N) is 2. The summed E-state index contributed by atoms with van der Waals surface area (Å²) in [6.07, 6.45) is 6.43. The van der Waals surface area contributed by atoms with Gasteiger partial charge in [-0.3, -0.25) is 0 Å². The Kier molecular flexibility index (Phi) is 3.42. The maximum atomic E-state index is 5.85. The Morgan fingerprint density at radius 3 is 3.05 bits per heavy atom. The molecule has 5 nitrogen and oxygen atoms in total.